The molecule has 0 saturated heterocycles. The van der Waals surface area contributed by atoms with Crippen molar-refractivity contribution in [2.45, 2.75) is 40.2 Å². The molecule has 0 spiro atoms. The molecule has 0 amide bonds. The highest BCUT2D eigenvalue weighted by Gasteiger charge is 2.13. The van der Waals surface area contributed by atoms with Gasteiger partial charge in [-0.15, -0.1) is 0 Å². The Bertz CT molecular complexity index is 600. The van der Waals surface area contributed by atoms with Crippen molar-refractivity contribution < 1.29 is 0 Å². The molecule has 0 radical (unpaired) electrons. The zero-order valence-corrected chi connectivity index (χ0v) is 14.1. The van der Waals surface area contributed by atoms with E-state index >= 15 is 0 Å². The van der Waals surface area contributed by atoms with Crippen molar-refractivity contribution in [3.8, 4) is 11.3 Å². The second kappa shape index (κ2) is 6.77. The summed E-state index contributed by atoms with van der Waals surface area (Å²) in [6, 6.07) is 12.2. The topological polar surface area (TPSA) is 49.8 Å². The zero-order chi connectivity index (χ0) is 16.2. The summed E-state index contributed by atoms with van der Waals surface area (Å²) in [6.07, 6.45) is 0. The standard InChI is InChI=1S/C18H26N4/c1-13(2)12-19-16-11-15(14-9-7-6-8-10-14)20-17(21-16)22-18(3,4)5/h6-11,13H,12H2,1-5H3,(H2,19,20,21,22). The van der Waals surface area contributed by atoms with Crippen LogP contribution in [-0.2, 0) is 0 Å². The fraction of sp³-hybridized carbons (Fsp3) is 0.444. The van der Waals surface area contributed by atoms with Crippen molar-refractivity contribution in [1.29, 1.82) is 0 Å². The Balaban J connectivity index is 2.35. The quantitative estimate of drug-likeness (QED) is 0.858. The predicted molar refractivity (Wildman–Crippen MR) is 94.2 cm³/mol. The summed E-state index contributed by atoms with van der Waals surface area (Å²) in [7, 11) is 0. The summed E-state index contributed by atoms with van der Waals surface area (Å²) in [5, 5.41) is 6.75. The van der Waals surface area contributed by atoms with Crippen LogP contribution in [0.5, 0.6) is 0 Å². The number of nitrogens with one attached hydrogen (secondary N) is 2. The highest BCUT2D eigenvalue weighted by Crippen LogP contribution is 2.22. The van der Waals surface area contributed by atoms with E-state index in [4.69, 9.17) is 0 Å². The van der Waals surface area contributed by atoms with Crippen LogP contribution in [0.1, 0.15) is 34.6 Å². The molecule has 1 aromatic heterocycles. The molecule has 1 heterocycles. The lowest BCUT2D eigenvalue weighted by Gasteiger charge is -2.21. The average Bonchev–Trinajstić information content (AvgIpc) is 2.44. The lowest BCUT2D eigenvalue weighted by molar-refractivity contribution is 0.626. The molecule has 0 bridgehead atoms. The van der Waals surface area contributed by atoms with Crippen molar-refractivity contribution in [3.63, 3.8) is 0 Å². The number of aromatic nitrogens is 2. The number of hydrogen-bond acceptors (Lipinski definition) is 4. The van der Waals surface area contributed by atoms with E-state index in [1.165, 1.54) is 0 Å². The molecular weight excluding hydrogens is 272 g/mol. The average molecular weight is 298 g/mol. The molecule has 4 nitrogen and oxygen atoms in total. The van der Waals surface area contributed by atoms with Crippen LogP contribution in [0, 0.1) is 5.92 Å². The minimum atomic E-state index is -0.0787. The molecule has 2 aromatic rings. The maximum Gasteiger partial charge on any atom is 0.225 e. The van der Waals surface area contributed by atoms with Crippen molar-refractivity contribution in [3.05, 3.63) is 36.4 Å². The van der Waals surface area contributed by atoms with Crippen molar-refractivity contribution in [1.82, 2.24) is 9.97 Å². The van der Waals surface area contributed by atoms with E-state index in [0.29, 0.717) is 11.9 Å². The van der Waals surface area contributed by atoms with Gasteiger partial charge in [-0.2, -0.15) is 4.98 Å². The smallest absolute Gasteiger partial charge is 0.225 e. The molecule has 2 rings (SSSR count). The van der Waals surface area contributed by atoms with E-state index in [9.17, 15) is 0 Å². The van der Waals surface area contributed by atoms with Crippen LogP contribution in [-0.4, -0.2) is 22.1 Å². The lowest BCUT2D eigenvalue weighted by Crippen LogP contribution is -2.27. The molecule has 0 unspecified atom stereocenters. The maximum atomic E-state index is 4.65. The highest BCUT2D eigenvalue weighted by atomic mass is 15.2. The minimum absolute atomic E-state index is 0.0787. The van der Waals surface area contributed by atoms with Gasteiger partial charge < -0.3 is 10.6 Å². The number of anilines is 2. The third-order valence-electron chi connectivity index (χ3n) is 2.97. The Kier molecular flexibility index (Phi) is 5.01. The van der Waals surface area contributed by atoms with Gasteiger partial charge in [-0.25, -0.2) is 4.98 Å². The van der Waals surface area contributed by atoms with Gasteiger partial charge >= 0.3 is 0 Å². The Morgan fingerprint density at radius 3 is 2.32 bits per heavy atom. The number of hydrogen-bond donors (Lipinski definition) is 2. The third kappa shape index (κ3) is 5.02. The van der Waals surface area contributed by atoms with Crippen molar-refractivity contribution in [2.75, 3.05) is 17.2 Å². The van der Waals surface area contributed by atoms with Gasteiger partial charge in [0.2, 0.25) is 5.95 Å². The van der Waals surface area contributed by atoms with E-state index < -0.39 is 0 Å². The summed E-state index contributed by atoms with van der Waals surface area (Å²) >= 11 is 0. The first-order valence-corrected chi connectivity index (χ1v) is 7.80. The summed E-state index contributed by atoms with van der Waals surface area (Å²) in [6.45, 7) is 11.6. The molecule has 0 aliphatic heterocycles. The van der Waals surface area contributed by atoms with Gasteiger partial charge in [0.05, 0.1) is 5.69 Å². The number of nitrogens with zero attached hydrogens (tertiary/aromatic N) is 2. The summed E-state index contributed by atoms with van der Waals surface area (Å²) in [5.74, 6) is 2.07. The van der Waals surface area contributed by atoms with Gasteiger partial charge in [0.15, 0.2) is 0 Å². The molecule has 0 aliphatic carbocycles. The van der Waals surface area contributed by atoms with Crippen LogP contribution >= 0.6 is 0 Å². The Hall–Kier alpha value is -2.10. The van der Waals surface area contributed by atoms with Gasteiger partial charge in [0.1, 0.15) is 5.82 Å². The largest absolute Gasteiger partial charge is 0.370 e. The fourth-order valence-corrected chi connectivity index (χ4v) is 1.99. The first kappa shape index (κ1) is 16.3. The Morgan fingerprint density at radius 1 is 1.05 bits per heavy atom. The molecule has 0 saturated carbocycles. The molecule has 22 heavy (non-hydrogen) atoms. The van der Waals surface area contributed by atoms with Crippen LogP contribution in [0.15, 0.2) is 36.4 Å². The molecule has 118 valence electrons. The van der Waals surface area contributed by atoms with E-state index in [0.717, 1.165) is 23.6 Å². The fourth-order valence-electron chi connectivity index (χ4n) is 1.99. The van der Waals surface area contributed by atoms with Gasteiger partial charge in [-0.05, 0) is 26.7 Å². The summed E-state index contributed by atoms with van der Waals surface area (Å²) in [5.41, 5.74) is 1.94. The van der Waals surface area contributed by atoms with Crippen LogP contribution in [0.4, 0.5) is 11.8 Å². The normalized spacial score (nSPS) is 11.5. The second-order valence-corrected chi connectivity index (χ2v) is 6.98. The van der Waals surface area contributed by atoms with E-state index in [2.05, 4.69) is 67.4 Å². The van der Waals surface area contributed by atoms with E-state index in [-0.39, 0.29) is 5.54 Å². The SMILES string of the molecule is CC(C)CNc1cc(-c2ccccc2)nc(NC(C)(C)C)n1. The molecule has 0 aliphatic rings. The van der Waals surface area contributed by atoms with Crippen molar-refractivity contribution in [2.24, 2.45) is 5.92 Å². The van der Waals surface area contributed by atoms with Gasteiger partial charge in [-0.1, -0.05) is 44.2 Å². The molecule has 0 atom stereocenters. The third-order valence-corrected chi connectivity index (χ3v) is 2.97. The monoisotopic (exact) mass is 298 g/mol. The predicted octanol–water partition coefficient (Wildman–Crippen LogP) is 4.42. The minimum Gasteiger partial charge on any atom is -0.370 e. The molecule has 4 heteroatoms. The molecule has 0 fully saturated rings. The first-order chi connectivity index (χ1) is 10.3. The number of benzene rings is 1. The lowest BCUT2D eigenvalue weighted by atomic mass is 10.1. The molecule has 1 aromatic carbocycles. The van der Waals surface area contributed by atoms with E-state index in [1.54, 1.807) is 0 Å². The van der Waals surface area contributed by atoms with Crippen LogP contribution in [0.2, 0.25) is 0 Å². The zero-order valence-electron chi connectivity index (χ0n) is 14.1. The van der Waals surface area contributed by atoms with Gasteiger partial charge in [0.25, 0.3) is 0 Å². The van der Waals surface area contributed by atoms with Crippen LogP contribution < -0.4 is 10.6 Å². The highest BCUT2D eigenvalue weighted by molar-refractivity contribution is 5.64. The number of rotatable bonds is 5. The van der Waals surface area contributed by atoms with Crippen LogP contribution in [0.3, 0.4) is 0 Å². The first-order valence-electron chi connectivity index (χ1n) is 7.80. The second-order valence-electron chi connectivity index (χ2n) is 6.98. The Morgan fingerprint density at radius 2 is 1.73 bits per heavy atom. The molecular formula is C18H26N4. The van der Waals surface area contributed by atoms with Crippen molar-refractivity contribution >= 4 is 11.8 Å². The summed E-state index contributed by atoms with van der Waals surface area (Å²) < 4.78 is 0. The molecule has 2 N–H and O–H groups in total. The van der Waals surface area contributed by atoms with E-state index in [1.807, 2.05) is 24.3 Å². The van der Waals surface area contributed by atoms with Gasteiger partial charge in [-0.3, -0.25) is 0 Å². The Labute approximate surface area is 133 Å². The van der Waals surface area contributed by atoms with Crippen LogP contribution in [0.25, 0.3) is 11.3 Å². The van der Waals surface area contributed by atoms with Gasteiger partial charge in [0, 0.05) is 23.7 Å². The maximum absolute atomic E-state index is 4.65. The summed E-state index contributed by atoms with van der Waals surface area (Å²) in [4.78, 5) is 9.24.